The molecule has 0 bridgehead atoms. The number of non-ortho nitro benzene ring substituents is 1. The number of nitro groups is 1. The van der Waals surface area contributed by atoms with Gasteiger partial charge >= 0.3 is 0 Å². The van der Waals surface area contributed by atoms with E-state index in [-0.39, 0.29) is 10.6 Å². The molecule has 112 valence electrons. The maximum Gasteiger partial charge on any atom is 0.270 e. The van der Waals surface area contributed by atoms with Gasteiger partial charge in [0.2, 0.25) is 10.0 Å². The smallest absolute Gasteiger partial charge is 0.258 e. The molecule has 0 atom stereocenters. The normalized spacial score (nSPS) is 11.5. The fourth-order valence-corrected chi connectivity index (χ4v) is 3.76. The van der Waals surface area contributed by atoms with Crippen molar-refractivity contribution < 1.29 is 13.3 Å². The highest BCUT2D eigenvalue weighted by molar-refractivity contribution is 8.00. The van der Waals surface area contributed by atoms with Crippen LogP contribution in [0.4, 0.5) is 5.69 Å². The van der Waals surface area contributed by atoms with Crippen LogP contribution < -0.4 is 5.14 Å². The lowest BCUT2D eigenvalue weighted by molar-refractivity contribution is -0.385. The molecule has 0 spiro atoms. The molecule has 0 unspecified atom stereocenters. The van der Waals surface area contributed by atoms with Gasteiger partial charge in [0.1, 0.15) is 4.90 Å². The number of rotatable bonds is 8. The fraction of sp³-hybridized carbons (Fsp3) is 0.500. The van der Waals surface area contributed by atoms with E-state index < -0.39 is 14.9 Å². The van der Waals surface area contributed by atoms with Gasteiger partial charge in [0.05, 0.1) is 4.92 Å². The number of nitrogens with two attached hydrogens (primary N) is 1. The minimum atomic E-state index is -3.96. The third kappa shape index (κ3) is 5.10. The standard InChI is InChI=1S/C12H18N2O4S2/c1-2-3-4-5-8-19-11-7-6-10(14(15)16)9-12(11)20(13,17)18/h6-7,9H,2-5,8H2,1H3,(H2,13,17,18). The molecule has 8 heteroatoms. The second-order valence-corrected chi connectivity index (χ2v) is 7.01. The van der Waals surface area contributed by atoms with Gasteiger partial charge in [-0.25, -0.2) is 13.6 Å². The first kappa shape index (κ1) is 16.9. The number of hydrogen-bond donors (Lipinski definition) is 1. The molecule has 1 aromatic rings. The van der Waals surface area contributed by atoms with Crippen LogP contribution in [0.1, 0.15) is 32.6 Å². The summed E-state index contributed by atoms with van der Waals surface area (Å²) in [4.78, 5) is 10.3. The Morgan fingerprint density at radius 2 is 2.00 bits per heavy atom. The van der Waals surface area contributed by atoms with Crippen molar-refractivity contribution in [2.24, 2.45) is 5.14 Å². The van der Waals surface area contributed by atoms with E-state index in [0.717, 1.165) is 37.5 Å². The fourth-order valence-electron chi connectivity index (χ4n) is 1.66. The zero-order valence-corrected chi connectivity index (χ0v) is 12.9. The molecule has 6 nitrogen and oxygen atoms in total. The lowest BCUT2D eigenvalue weighted by Crippen LogP contribution is -2.13. The summed E-state index contributed by atoms with van der Waals surface area (Å²) in [6.45, 7) is 2.11. The minimum Gasteiger partial charge on any atom is -0.258 e. The maximum atomic E-state index is 11.5. The van der Waals surface area contributed by atoms with Crippen LogP contribution in [0, 0.1) is 10.1 Å². The summed E-state index contributed by atoms with van der Waals surface area (Å²) in [6, 6.07) is 3.76. The molecule has 0 radical (unpaired) electrons. The maximum absolute atomic E-state index is 11.5. The van der Waals surface area contributed by atoms with E-state index in [1.807, 2.05) is 0 Å². The third-order valence-electron chi connectivity index (χ3n) is 2.70. The predicted molar refractivity (Wildman–Crippen MR) is 79.3 cm³/mol. The van der Waals surface area contributed by atoms with Crippen LogP contribution in [0.3, 0.4) is 0 Å². The Bertz CT molecular complexity index is 573. The van der Waals surface area contributed by atoms with E-state index in [4.69, 9.17) is 5.14 Å². The van der Waals surface area contributed by atoms with Gasteiger partial charge in [0.15, 0.2) is 0 Å². The topological polar surface area (TPSA) is 103 Å². The number of benzene rings is 1. The van der Waals surface area contributed by atoms with Gasteiger partial charge in [-0.2, -0.15) is 0 Å². The van der Waals surface area contributed by atoms with Gasteiger partial charge < -0.3 is 0 Å². The Balaban J connectivity index is 2.87. The van der Waals surface area contributed by atoms with Gasteiger partial charge in [-0.3, -0.25) is 10.1 Å². The van der Waals surface area contributed by atoms with Crippen molar-refractivity contribution in [1.29, 1.82) is 0 Å². The summed E-state index contributed by atoms with van der Waals surface area (Å²) >= 11 is 1.36. The average molecular weight is 318 g/mol. The van der Waals surface area contributed by atoms with Crippen LogP contribution in [-0.2, 0) is 10.0 Å². The Labute approximate surface area is 122 Å². The second-order valence-electron chi connectivity index (χ2n) is 4.34. The molecule has 0 aliphatic heterocycles. The number of hydrogen-bond acceptors (Lipinski definition) is 5. The average Bonchev–Trinajstić information content (AvgIpc) is 2.37. The van der Waals surface area contributed by atoms with E-state index in [2.05, 4.69) is 6.92 Å². The molecule has 2 N–H and O–H groups in total. The van der Waals surface area contributed by atoms with Gasteiger partial charge in [-0.1, -0.05) is 26.2 Å². The monoisotopic (exact) mass is 318 g/mol. The van der Waals surface area contributed by atoms with Crippen LogP contribution in [0.15, 0.2) is 28.0 Å². The Hall–Kier alpha value is -1.12. The van der Waals surface area contributed by atoms with Crippen molar-refractivity contribution >= 4 is 27.5 Å². The molecule has 0 aliphatic rings. The summed E-state index contributed by atoms with van der Waals surface area (Å²) in [6.07, 6.45) is 4.33. The van der Waals surface area contributed by atoms with E-state index in [0.29, 0.717) is 4.90 Å². The van der Waals surface area contributed by atoms with Gasteiger partial charge in [0.25, 0.3) is 5.69 Å². The van der Waals surface area contributed by atoms with E-state index in [1.165, 1.54) is 23.9 Å². The molecule has 0 saturated heterocycles. The SMILES string of the molecule is CCCCCCSc1ccc([N+](=O)[O-])cc1S(N)(=O)=O. The van der Waals surface area contributed by atoms with Crippen LogP contribution in [0.5, 0.6) is 0 Å². The third-order valence-corrected chi connectivity index (χ3v) is 4.94. The lowest BCUT2D eigenvalue weighted by atomic mass is 10.2. The molecule has 0 aliphatic carbocycles. The summed E-state index contributed by atoms with van der Waals surface area (Å²) in [7, 11) is -3.96. The zero-order valence-electron chi connectivity index (χ0n) is 11.2. The van der Waals surface area contributed by atoms with Gasteiger partial charge in [-0.15, -0.1) is 11.8 Å². The number of primary sulfonamides is 1. The first-order valence-electron chi connectivity index (χ1n) is 6.30. The molecule has 0 aromatic heterocycles. The van der Waals surface area contributed by atoms with Crippen LogP contribution in [0.25, 0.3) is 0 Å². The van der Waals surface area contributed by atoms with Crippen molar-refractivity contribution in [3.05, 3.63) is 28.3 Å². The Kier molecular flexibility index (Phi) is 6.44. The first-order chi connectivity index (χ1) is 9.36. The van der Waals surface area contributed by atoms with Crippen molar-refractivity contribution in [1.82, 2.24) is 0 Å². The molecule has 0 fully saturated rings. The van der Waals surface area contributed by atoms with E-state index in [1.54, 1.807) is 0 Å². The first-order valence-corrected chi connectivity index (χ1v) is 8.83. The minimum absolute atomic E-state index is 0.174. The number of nitro benzene ring substituents is 1. The van der Waals surface area contributed by atoms with Crippen molar-refractivity contribution in [2.45, 2.75) is 42.4 Å². The summed E-state index contributed by atoms with van der Waals surface area (Å²) in [5, 5.41) is 15.8. The number of thioether (sulfide) groups is 1. The highest BCUT2D eigenvalue weighted by Gasteiger charge is 2.19. The van der Waals surface area contributed by atoms with Crippen molar-refractivity contribution in [2.75, 3.05) is 5.75 Å². The second kappa shape index (κ2) is 7.61. The molecule has 1 aromatic carbocycles. The predicted octanol–water partition coefficient (Wildman–Crippen LogP) is 2.91. The summed E-state index contributed by atoms with van der Waals surface area (Å²) in [5.74, 6) is 0.764. The highest BCUT2D eigenvalue weighted by Crippen LogP contribution is 2.30. The van der Waals surface area contributed by atoms with E-state index >= 15 is 0 Å². The quantitative estimate of drug-likeness (QED) is 0.343. The molecule has 0 amide bonds. The molecule has 0 saturated carbocycles. The molecule has 1 rings (SSSR count). The van der Waals surface area contributed by atoms with E-state index in [9.17, 15) is 18.5 Å². The molecule has 20 heavy (non-hydrogen) atoms. The number of unbranched alkanes of at least 4 members (excludes halogenated alkanes) is 3. The largest absolute Gasteiger partial charge is 0.270 e. The van der Waals surface area contributed by atoms with Crippen LogP contribution in [0.2, 0.25) is 0 Å². The number of nitrogens with zero attached hydrogens (tertiary/aromatic N) is 1. The lowest BCUT2D eigenvalue weighted by Gasteiger charge is -2.07. The van der Waals surface area contributed by atoms with Crippen LogP contribution >= 0.6 is 11.8 Å². The van der Waals surface area contributed by atoms with Gasteiger partial charge in [0, 0.05) is 17.0 Å². The Morgan fingerprint density at radius 3 is 2.55 bits per heavy atom. The zero-order chi connectivity index (χ0) is 15.2. The summed E-state index contributed by atoms with van der Waals surface area (Å²) < 4.78 is 23.0. The summed E-state index contributed by atoms with van der Waals surface area (Å²) in [5.41, 5.74) is -0.274. The van der Waals surface area contributed by atoms with Crippen LogP contribution in [-0.4, -0.2) is 19.1 Å². The number of sulfonamides is 1. The van der Waals surface area contributed by atoms with Crippen molar-refractivity contribution in [3.63, 3.8) is 0 Å². The Morgan fingerprint density at radius 1 is 1.30 bits per heavy atom. The molecular weight excluding hydrogens is 300 g/mol. The van der Waals surface area contributed by atoms with Crippen molar-refractivity contribution in [3.8, 4) is 0 Å². The molecule has 0 heterocycles. The van der Waals surface area contributed by atoms with Gasteiger partial charge in [-0.05, 0) is 18.2 Å². The highest BCUT2D eigenvalue weighted by atomic mass is 32.2. The molecular formula is C12H18N2O4S2.